The Morgan fingerprint density at radius 2 is 1.83 bits per heavy atom. The number of nitrogens with zero attached hydrogens (tertiary/aromatic N) is 2. The molecule has 2 rings (SSSR count). The van der Waals surface area contributed by atoms with Crippen LogP contribution in [0.5, 0.6) is 0 Å². The molecule has 0 fully saturated rings. The highest BCUT2D eigenvalue weighted by molar-refractivity contribution is 9.10. The van der Waals surface area contributed by atoms with Crippen molar-refractivity contribution in [1.29, 1.82) is 0 Å². The molecule has 0 bridgehead atoms. The summed E-state index contributed by atoms with van der Waals surface area (Å²) in [7, 11) is -1.21. The molecule has 23 heavy (non-hydrogen) atoms. The summed E-state index contributed by atoms with van der Waals surface area (Å²) >= 11 is 3.40. The maximum atomic E-state index is 10.5. The third kappa shape index (κ3) is 4.23. The van der Waals surface area contributed by atoms with Crippen LogP contribution in [0.3, 0.4) is 0 Å². The Hall–Kier alpha value is -1.15. The van der Waals surface area contributed by atoms with Crippen molar-refractivity contribution in [1.82, 2.24) is 9.78 Å². The van der Waals surface area contributed by atoms with Crippen LogP contribution < -0.4 is 5.59 Å². The number of benzene rings is 1. The molecule has 1 aromatic heterocycles. The molecule has 0 unspecified atom stereocenters. The molecule has 1 heterocycles. The summed E-state index contributed by atoms with van der Waals surface area (Å²) in [5, 5.41) is 25.0. The van der Waals surface area contributed by atoms with Gasteiger partial charge >= 0.3 is 7.12 Å². The molecule has 0 aliphatic heterocycles. The highest BCUT2D eigenvalue weighted by Gasteiger charge is 2.41. The highest BCUT2D eigenvalue weighted by Crippen LogP contribution is 2.25. The van der Waals surface area contributed by atoms with Gasteiger partial charge in [0, 0.05) is 0 Å². The van der Waals surface area contributed by atoms with Crippen molar-refractivity contribution >= 4 is 28.6 Å². The van der Waals surface area contributed by atoms with Crippen LogP contribution in [0, 0.1) is 0 Å². The molecule has 2 aromatic rings. The van der Waals surface area contributed by atoms with Gasteiger partial charge in [-0.3, -0.25) is 4.68 Å². The minimum atomic E-state index is -1.21. The maximum Gasteiger partial charge on any atom is 0.512 e. The van der Waals surface area contributed by atoms with Gasteiger partial charge in [0.05, 0.1) is 34.0 Å². The van der Waals surface area contributed by atoms with Gasteiger partial charge in [0.25, 0.3) is 0 Å². The van der Waals surface area contributed by atoms with E-state index in [0.29, 0.717) is 16.6 Å². The second kappa shape index (κ2) is 6.77. The maximum absolute atomic E-state index is 10.5. The molecular formula is C16H22BBrN2O3. The Balaban J connectivity index is 2.24. The number of rotatable bonds is 6. The summed E-state index contributed by atoms with van der Waals surface area (Å²) in [6.45, 7) is 7.29. The predicted octanol–water partition coefficient (Wildman–Crippen LogP) is 1.95. The highest BCUT2D eigenvalue weighted by atomic mass is 79.9. The van der Waals surface area contributed by atoms with Gasteiger partial charge in [0.1, 0.15) is 0 Å². The molecule has 5 nitrogen and oxygen atoms in total. The quantitative estimate of drug-likeness (QED) is 0.751. The Morgan fingerprint density at radius 3 is 2.39 bits per heavy atom. The molecule has 124 valence electrons. The molecule has 0 aliphatic carbocycles. The van der Waals surface area contributed by atoms with E-state index >= 15 is 0 Å². The third-order valence-electron chi connectivity index (χ3n) is 4.12. The predicted molar refractivity (Wildman–Crippen MR) is 94.5 cm³/mol. The average molecular weight is 381 g/mol. The van der Waals surface area contributed by atoms with Crippen molar-refractivity contribution in [2.75, 3.05) is 0 Å². The number of aromatic nitrogens is 2. The van der Waals surface area contributed by atoms with E-state index in [0.717, 1.165) is 5.56 Å². The number of hydrogen-bond acceptors (Lipinski definition) is 4. The zero-order chi connectivity index (χ0) is 17.3. The molecule has 0 saturated carbocycles. The standard InChI is InChI=1S/C16H22BBrN2O3/c1-15(2,21)16(3,4)23-17(22)14-13(18)10-19-20(14)11-12-8-6-5-7-9-12/h5-10,21-22H,11H2,1-4H3. The molecule has 0 spiro atoms. The van der Waals surface area contributed by atoms with Crippen LogP contribution in [-0.4, -0.2) is 38.2 Å². The summed E-state index contributed by atoms with van der Waals surface area (Å²) in [5.74, 6) is 0. The Bertz CT molecular complexity index is 653. The normalized spacial score (nSPS) is 12.5. The first kappa shape index (κ1) is 18.2. The van der Waals surface area contributed by atoms with Gasteiger partial charge < -0.3 is 14.8 Å². The van der Waals surface area contributed by atoms with Crippen LogP contribution in [0.4, 0.5) is 0 Å². The minimum Gasteiger partial charge on any atom is -0.422 e. The Morgan fingerprint density at radius 1 is 1.22 bits per heavy atom. The van der Waals surface area contributed by atoms with E-state index in [2.05, 4.69) is 21.0 Å². The van der Waals surface area contributed by atoms with Crippen LogP contribution in [0.2, 0.25) is 0 Å². The largest absolute Gasteiger partial charge is 0.512 e. The zero-order valence-electron chi connectivity index (χ0n) is 13.8. The fourth-order valence-corrected chi connectivity index (χ4v) is 2.47. The monoisotopic (exact) mass is 380 g/mol. The van der Waals surface area contributed by atoms with Gasteiger partial charge in [-0.25, -0.2) is 0 Å². The smallest absolute Gasteiger partial charge is 0.422 e. The van der Waals surface area contributed by atoms with Crippen molar-refractivity contribution in [2.24, 2.45) is 0 Å². The molecule has 0 atom stereocenters. The summed E-state index contributed by atoms with van der Waals surface area (Å²) < 4.78 is 8.07. The topological polar surface area (TPSA) is 67.5 Å². The van der Waals surface area contributed by atoms with Gasteiger partial charge in [0.15, 0.2) is 0 Å². The second-order valence-corrected chi connectivity index (χ2v) is 7.41. The fraction of sp³-hybridized carbons (Fsp3) is 0.438. The van der Waals surface area contributed by atoms with Crippen LogP contribution >= 0.6 is 15.9 Å². The molecular weight excluding hydrogens is 359 g/mol. The van der Waals surface area contributed by atoms with E-state index in [4.69, 9.17) is 4.65 Å². The third-order valence-corrected chi connectivity index (χ3v) is 4.73. The minimum absolute atomic E-state index is 0.519. The molecule has 2 N–H and O–H groups in total. The first-order chi connectivity index (χ1) is 10.6. The molecule has 7 heteroatoms. The molecule has 0 radical (unpaired) electrons. The van der Waals surface area contributed by atoms with Crippen LogP contribution in [0.15, 0.2) is 41.0 Å². The Kier molecular flexibility index (Phi) is 5.35. The van der Waals surface area contributed by atoms with Gasteiger partial charge in [0.2, 0.25) is 0 Å². The Labute approximate surface area is 145 Å². The lowest BCUT2D eigenvalue weighted by Crippen LogP contribution is -2.54. The van der Waals surface area contributed by atoms with E-state index in [9.17, 15) is 10.1 Å². The van der Waals surface area contributed by atoms with Crippen molar-refractivity contribution in [3.05, 3.63) is 46.6 Å². The summed E-state index contributed by atoms with van der Waals surface area (Å²) in [6.07, 6.45) is 1.63. The summed E-state index contributed by atoms with van der Waals surface area (Å²) in [6, 6.07) is 9.85. The van der Waals surface area contributed by atoms with Crippen molar-refractivity contribution in [2.45, 2.75) is 45.4 Å². The molecule has 0 aliphatic rings. The lowest BCUT2D eigenvalue weighted by molar-refractivity contribution is -0.0984. The summed E-state index contributed by atoms with van der Waals surface area (Å²) in [5.41, 5.74) is -0.456. The van der Waals surface area contributed by atoms with Crippen molar-refractivity contribution in [3.63, 3.8) is 0 Å². The van der Waals surface area contributed by atoms with Gasteiger partial charge in [-0.15, -0.1) is 0 Å². The molecule has 0 amide bonds. The van der Waals surface area contributed by atoms with Gasteiger partial charge in [-0.2, -0.15) is 5.10 Å². The van der Waals surface area contributed by atoms with E-state index in [1.54, 1.807) is 38.6 Å². The van der Waals surface area contributed by atoms with E-state index < -0.39 is 18.3 Å². The first-order valence-corrected chi connectivity index (χ1v) is 8.24. The van der Waals surface area contributed by atoms with Crippen LogP contribution in [0.1, 0.15) is 33.3 Å². The fourth-order valence-electron chi connectivity index (χ4n) is 1.98. The molecule has 1 aromatic carbocycles. The number of hydrogen-bond donors (Lipinski definition) is 2. The van der Waals surface area contributed by atoms with E-state index in [1.165, 1.54) is 0 Å². The number of halogens is 1. The van der Waals surface area contributed by atoms with E-state index in [1.807, 2.05) is 30.3 Å². The first-order valence-electron chi connectivity index (χ1n) is 7.45. The van der Waals surface area contributed by atoms with E-state index in [-0.39, 0.29) is 0 Å². The summed E-state index contributed by atoms with van der Waals surface area (Å²) in [4.78, 5) is 0. The second-order valence-electron chi connectivity index (χ2n) is 6.56. The van der Waals surface area contributed by atoms with Gasteiger partial charge in [-0.05, 0) is 49.2 Å². The number of aliphatic hydroxyl groups is 1. The molecule has 0 saturated heterocycles. The lowest BCUT2D eigenvalue weighted by atomic mass is 9.80. The average Bonchev–Trinajstić information content (AvgIpc) is 2.79. The zero-order valence-corrected chi connectivity index (χ0v) is 15.4. The van der Waals surface area contributed by atoms with Crippen molar-refractivity contribution < 1.29 is 14.8 Å². The van der Waals surface area contributed by atoms with Crippen LogP contribution in [-0.2, 0) is 11.2 Å². The lowest BCUT2D eigenvalue weighted by Gasteiger charge is -2.38. The van der Waals surface area contributed by atoms with Gasteiger partial charge in [-0.1, -0.05) is 30.3 Å². The van der Waals surface area contributed by atoms with Crippen molar-refractivity contribution in [3.8, 4) is 0 Å². The SMILES string of the molecule is CC(C)(O)C(C)(C)OB(O)c1c(Br)cnn1Cc1ccccc1. The van der Waals surface area contributed by atoms with Crippen LogP contribution in [0.25, 0.3) is 0 Å².